The van der Waals surface area contributed by atoms with E-state index in [4.69, 9.17) is 24.5 Å². The van der Waals surface area contributed by atoms with Gasteiger partial charge in [-0.1, -0.05) is 5.16 Å². The molecule has 7 heteroatoms. The first-order valence-corrected chi connectivity index (χ1v) is 5.09. The third kappa shape index (κ3) is 1.44. The van der Waals surface area contributed by atoms with E-state index in [0.29, 0.717) is 17.0 Å². The zero-order valence-electron chi connectivity index (χ0n) is 9.40. The van der Waals surface area contributed by atoms with Crippen molar-refractivity contribution in [3.63, 3.8) is 0 Å². The Balaban J connectivity index is 2.23. The Morgan fingerprint density at radius 1 is 1.39 bits per heavy atom. The minimum atomic E-state index is -0.635. The standard InChI is InChI=1S/C11H9FN2O4/c1-15-10-5(6-3-8(13)18-14-6)2-7-11(9(10)12)17-4-16-7/h2-3H,4,13H2,1H3. The molecule has 6 nitrogen and oxygen atoms in total. The van der Waals surface area contributed by atoms with Gasteiger partial charge in [-0.3, -0.25) is 0 Å². The van der Waals surface area contributed by atoms with Crippen molar-refractivity contribution in [1.29, 1.82) is 0 Å². The predicted molar refractivity (Wildman–Crippen MR) is 59.0 cm³/mol. The maximum atomic E-state index is 14.1. The van der Waals surface area contributed by atoms with Crippen LogP contribution in [-0.4, -0.2) is 19.1 Å². The molecule has 0 unspecified atom stereocenters. The van der Waals surface area contributed by atoms with Crippen LogP contribution in [0, 0.1) is 5.82 Å². The van der Waals surface area contributed by atoms with Gasteiger partial charge in [-0.25, -0.2) is 0 Å². The summed E-state index contributed by atoms with van der Waals surface area (Å²) in [6.45, 7) is -0.0280. The highest BCUT2D eigenvalue weighted by Crippen LogP contribution is 2.45. The van der Waals surface area contributed by atoms with E-state index in [-0.39, 0.29) is 24.2 Å². The maximum absolute atomic E-state index is 14.1. The van der Waals surface area contributed by atoms with Crippen molar-refractivity contribution in [3.05, 3.63) is 17.9 Å². The average molecular weight is 252 g/mol. The van der Waals surface area contributed by atoms with Gasteiger partial charge < -0.3 is 24.5 Å². The lowest BCUT2D eigenvalue weighted by Gasteiger charge is -2.09. The molecule has 0 aliphatic carbocycles. The van der Waals surface area contributed by atoms with Gasteiger partial charge >= 0.3 is 0 Å². The second-order valence-corrected chi connectivity index (χ2v) is 3.62. The van der Waals surface area contributed by atoms with Gasteiger partial charge in [0, 0.05) is 6.07 Å². The number of nitrogen functional groups attached to an aromatic ring is 1. The summed E-state index contributed by atoms with van der Waals surface area (Å²) in [6.07, 6.45) is 0. The van der Waals surface area contributed by atoms with Crippen LogP contribution in [0.4, 0.5) is 10.3 Å². The normalized spacial score (nSPS) is 12.8. The highest BCUT2D eigenvalue weighted by Gasteiger charge is 2.27. The fourth-order valence-electron chi connectivity index (χ4n) is 1.79. The zero-order chi connectivity index (χ0) is 12.7. The molecule has 0 spiro atoms. The molecule has 18 heavy (non-hydrogen) atoms. The highest BCUT2D eigenvalue weighted by molar-refractivity contribution is 5.73. The second-order valence-electron chi connectivity index (χ2n) is 3.62. The van der Waals surface area contributed by atoms with Crippen molar-refractivity contribution in [2.75, 3.05) is 19.6 Å². The van der Waals surface area contributed by atoms with Crippen LogP contribution >= 0.6 is 0 Å². The molecule has 2 N–H and O–H groups in total. The van der Waals surface area contributed by atoms with Crippen molar-refractivity contribution in [2.45, 2.75) is 0 Å². The molecule has 94 valence electrons. The van der Waals surface area contributed by atoms with Crippen LogP contribution in [0.1, 0.15) is 0 Å². The van der Waals surface area contributed by atoms with Crippen LogP contribution in [0.2, 0.25) is 0 Å². The predicted octanol–water partition coefficient (Wildman–Crippen LogP) is 1.80. The van der Waals surface area contributed by atoms with E-state index >= 15 is 0 Å². The first-order valence-electron chi connectivity index (χ1n) is 5.09. The van der Waals surface area contributed by atoms with E-state index < -0.39 is 5.82 Å². The quantitative estimate of drug-likeness (QED) is 0.877. The van der Waals surface area contributed by atoms with E-state index in [1.54, 1.807) is 6.07 Å². The molecule has 3 rings (SSSR count). The summed E-state index contributed by atoms with van der Waals surface area (Å²) >= 11 is 0. The Morgan fingerprint density at radius 3 is 2.89 bits per heavy atom. The number of hydrogen-bond acceptors (Lipinski definition) is 6. The van der Waals surface area contributed by atoms with Crippen LogP contribution in [0.25, 0.3) is 11.3 Å². The Kier molecular flexibility index (Phi) is 2.26. The van der Waals surface area contributed by atoms with Gasteiger partial charge in [-0.2, -0.15) is 4.39 Å². The lowest BCUT2D eigenvalue weighted by Crippen LogP contribution is -1.95. The lowest BCUT2D eigenvalue weighted by atomic mass is 10.1. The summed E-state index contributed by atoms with van der Waals surface area (Å²) in [7, 11) is 1.35. The SMILES string of the molecule is COc1c(-c2cc(N)on2)cc2c(c1F)OCO2. The minimum absolute atomic E-state index is 0.00699. The Morgan fingerprint density at radius 2 is 2.22 bits per heavy atom. The average Bonchev–Trinajstić information content (AvgIpc) is 2.97. The monoisotopic (exact) mass is 252 g/mol. The van der Waals surface area contributed by atoms with Gasteiger partial charge in [0.05, 0.1) is 12.7 Å². The molecule has 1 aliphatic heterocycles. The summed E-state index contributed by atoms with van der Waals surface area (Å²) < 4.78 is 34.1. The van der Waals surface area contributed by atoms with Gasteiger partial charge in [0.1, 0.15) is 5.69 Å². The third-order valence-corrected chi connectivity index (χ3v) is 2.57. The molecule has 2 aromatic rings. The summed E-state index contributed by atoms with van der Waals surface area (Å²) in [4.78, 5) is 0. The minimum Gasteiger partial charge on any atom is -0.493 e. The lowest BCUT2D eigenvalue weighted by molar-refractivity contribution is 0.170. The molecule has 0 fully saturated rings. The number of halogens is 1. The fraction of sp³-hybridized carbons (Fsp3) is 0.182. The summed E-state index contributed by atoms with van der Waals surface area (Å²) in [5.74, 6) is -0.168. The smallest absolute Gasteiger partial charge is 0.231 e. The van der Waals surface area contributed by atoms with Crippen molar-refractivity contribution in [1.82, 2.24) is 5.16 Å². The number of nitrogens with zero attached hydrogens (tertiary/aromatic N) is 1. The van der Waals surface area contributed by atoms with Crippen LogP contribution in [0.15, 0.2) is 16.7 Å². The number of aromatic nitrogens is 1. The first kappa shape index (κ1) is 10.7. The number of benzene rings is 1. The number of fused-ring (bicyclic) bond motifs is 1. The topological polar surface area (TPSA) is 79.7 Å². The molecule has 2 heterocycles. The molecule has 0 amide bonds. The van der Waals surface area contributed by atoms with Crippen LogP contribution in [0.3, 0.4) is 0 Å². The van der Waals surface area contributed by atoms with Gasteiger partial charge in [0.2, 0.25) is 24.2 Å². The van der Waals surface area contributed by atoms with Crippen LogP contribution < -0.4 is 19.9 Å². The van der Waals surface area contributed by atoms with E-state index in [1.807, 2.05) is 0 Å². The van der Waals surface area contributed by atoms with Crippen LogP contribution in [-0.2, 0) is 0 Å². The van der Waals surface area contributed by atoms with Gasteiger partial charge in [0.15, 0.2) is 11.5 Å². The first-order chi connectivity index (χ1) is 8.70. The van der Waals surface area contributed by atoms with E-state index in [1.165, 1.54) is 13.2 Å². The fourth-order valence-corrected chi connectivity index (χ4v) is 1.79. The highest BCUT2D eigenvalue weighted by atomic mass is 19.1. The van der Waals surface area contributed by atoms with Crippen molar-refractivity contribution < 1.29 is 23.1 Å². The molecule has 0 bridgehead atoms. The molecule has 1 aromatic heterocycles. The van der Waals surface area contributed by atoms with E-state index in [9.17, 15) is 4.39 Å². The number of rotatable bonds is 2. The number of hydrogen-bond donors (Lipinski definition) is 1. The van der Waals surface area contributed by atoms with Crippen molar-refractivity contribution in [2.24, 2.45) is 0 Å². The molecular formula is C11H9FN2O4. The molecule has 0 saturated heterocycles. The molecule has 1 aliphatic rings. The van der Waals surface area contributed by atoms with Gasteiger partial charge in [-0.15, -0.1) is 0 Å². The maximum Gasteiger partial charge on any atom is 0.231 e. The summed E-state index contributed by atoms with van der Waals surface area (Å²) in [5, 5.41) is 3.72. The largest absolute Gasteiger partial charge is 0.493 e. The molecule has 0 saturated carbocycles. The molecular weight excluding hydrogens is 243 g/mol. The Bertz CT molecular complexity index is 611. The van der Waals surface area contributed by atoms with Crippen molar-refractivity contribution in [3.8, 4) is 28.5 Å². The second kappa shape index (κ2) is 3.80. The molecule has 0 radical (unpaired) electrons. The van der Waals surface area contributed by atoms with E-state index in [0.717, 1.165) is 0 Å². The number of methoxy groups -OCH3 is 1. The summed E-state index contributed by atoms with van der Waals surface area (Å²) in [5.41, 5.74) is 6.19. The Labute approximate surface area is 101 Å². The molecule has 0 atom stereocenters. The third-order valence-electron chi connectivity index (χ3n) is 2.57. The van der Waals surface area contributed by atoms with E-state index in [2.05, 4.69) is 5.16 Å². The number of nitrogens with two attached hydrogens (primary N) is 1. The number of ether oxygens (including phenoxy) is 3. The van der Waals surface area contributed by atoms with Crippen molar-refractivity contribution >= 4 is 5.88 Å². The zero-order valence-corrected chi connectivity index (χ0v) is 9.40. The number of anilines is 1. The van der Waals surface area contributed by atoms with Gasteiger partial charge in [-0.05, 0) is 6.07 Å². The summed E-state index contributed by atoms with van der Waals surface area (Å²) in [6, 6.07) is 3.04. The Hall–Kier alpha value is -2.44. The molecule has 1 aromatic carbocycles. The van der Waals surface area contributed by atoms with Crippen LogP contribution in [0.5, 0.6) is 17.2 Å². The van der Waals surface area contributed by atoms with Gasteiger partial charge in [0.25, 0.3) is 0 Å².